The fourth-order valence-electron chi connectivity index (χ4n) is 1.88. The Kier molecular flexibility index (Phi) is 4.64. The Morgan fingerprint density at radius 3 is 2.76 bits per heavy atom. The summed E-state index contributed by atoms with van der Waals surface area (Å²) in [5, 5.41) is 12.6. The second-order valence-electron chi connectivity index (χ2n) is 4.32. The van der Waals surface area contributed by atoms with Gasteiger partial charge in [-0.15, -0.1) is 11.3 Å². The molecule has 2 aromatic rings. The average Bonchev–Trinajstić information content (AvgIpc) is 2.97. The molecule has 0 atom stereocenters. The normalized spacial score (nSPS) is 10.4. The van der Waals surface area contributed by atoms with E-state index in [2.05, 4.69) is 0 Å². The Hall–Kier alpha value is -2.28. The van der Waals surface area contributed by atoms with E-state index in [0.29, 0.717) is 13.1 Å². The van der Waals surface area contributed by atoms with E-state index >= 15 is 0 Å². The maximum absolute atomic E-state index is 13.8. The summed E-state index contributed by atoms with van der Waals surface area (Å²) in [6.45, 7) is 2.52. The van der Waals surface area contributed by atoms with E-state index in [1.807, 2.05) is 17.5 Å². The van der Waals surface area contributed by atoms with Crippen LogP contribution in [0.4, 0.5) is 10.1 Å². The van der Waals surface area contributed by atoms with E-state index in [0.717, 1.165) is 23.1 Å². The minimum Gasteiger partial charge on any atom is -0.334 e. The molecule has 2 rings (SSSR count). The Morgan fingerprint density at radius 2 is 2.19 bits per heavy atom. The quantitative estimate of drug-likeness (QED) is 0.627. The Morgan fingerprint density at radius 1 is 1.43 bits per heavy atom. The molecule has 0 aliphatic rings. The van der Waals surface area contributed by atoms with E-state index in [1.54, 1.807) is 6.92 Å². The first-order valence-electron chi connectivity index (χ1n) is 6.28. The Labute approximate surface area is 124 Å². The van der Waals surface area contributed by atoms with Gasteiger partial charge in [-0.25, -0.2) is 4.39 Å². The van der Waals surface area contributed by atoms with Gasteiger partial charge in [0.05, 0.1) is 17.0 Å². The molecule has 1 aromatic heterocycles. The van der Waals surface area contributed by atoms with Crippen LogP contribution in [-0.4, -0.2) is 22.3 Å². The molecule has 0 unspecified atom stereocenters. The van der Waals surface area contributed by atoms with Crippen molar-refractivity contribution < 1.29 is 14.1 Å². The predicted molar refractivity (Wildman–Crippen MR) is 77.8 cm³/mol. The smallest absolute Gasteiger partial charge is 0.270 e. The summed E-state index contributed by atoms with van der Waals surface area (Å²) in [7, 11) is 0. The van der Waals surface area contributed by atoms with Crippen molar-refractivity contribution in [3.8, 4) is 0 Å². The number of hydrogen-bond donors (Lipinski definition) is 0. The number of non-ortho nitro benzene ring substituents is 1. The third-order valence-corrected chi connectivity index (χ3v) is 3.85. The molecule has 0 bridgehead atoms. The van der Waals surface area contributed by atoms with Crippen molar-refractivity contribution in [3.05, 3.63) is 62.1 Å². The number of halogens is 1. The molecule has 0 saturated heterocycles. The van der Waals surface area contributed by atoms with Crippen LogP contribution in [-0.2, 0) is 6.54 Å². The summed E-state index contributed by atoms with van der Waals surface area (Å²) < 4.78 is 13.8. The number of rotatable bonds is 5. The van der Waals surface area contributed by atoms with Crippen molar-refractivity contribution in [3.63, 3.8) is 0 Å². The van der Waals surface area contributed by atoms with Crippen LogP contribution in [0, 0.1) is 15.9 Å². The topological polar surface area (TPSA) is 63.5 Å². The van der Waals surface area contributed by atoms with Gasteiger partial charge in [-0.05, 0) is 24.4 Å². The molecule has 1 aromatic carbocycles. The Balaban J connectivity index is 2.28. The number of nitro groups is 1. The second-order valence-corrected chi connectivity index (χ2v) is 5.35. The summed E-state index contributed by atoms with van der Waals surface area (Å²) in [5.41, 5.74) is -0.575. The molecule has 0 radical (unpaired) electrons. The molecular weight excluding hydrogens is 295 g/mol. The van der Waals surface area contributed by atoms with Gasteiger partial charge >= 0.3 is 0 Å². The first-order valence-corrected chi connectivity index (χ1v) is 7.16. The third kappa shape index (κ3) is 3.43. The largest absolute Gasteiger partial charge is 0.334 e. The number of nitro benzene ring substituents is 1. The van der Waals surface area contributed by atoms with Gasteiger partial charge in [0.15, 0.2) is 0 Å². The van der Waals surface area contributed by atoms with Gasteiger partial charge in [-0.3, -0.25) is 14.9 Å². The summed E-state index contributed by atoms with van der Waals surface area (Å²) in [6, 6.07) is 6.72. The zero-order valence-electron chi connectivity index (χ0n) is 11.3. The van der Waals surface area contributed by atoms with Gasteiger partial charge in [-0.2, -0.15) is 0 Å². The zero-order chi connectivity index (χ0) is 15.4. The summed E-state index contributed by atoms with van der Waals surface area (Å²) in [4.78, 5) is 24.9. The van der Waals surface area contributed by atoms with Gasteiger partial charge in [0.25, 0.3) is 11.6 Å². The average molecular weight is 308 g/mol. The van der Waals surface area contributed by atoms with E-state index in [-0.39, 0.29) is 11.3 Å². The van der Waals surface area contributed by atoms with Gasteiger partial charge in [0.1, 0.15) is 5.82 Å². The van der Waals surface area contributed by atoms with Crippen LogP contribution in [0.1, 0.15) is 22.2 Å². The van der Waals surface area contributed by atoms with Crippen LogP contribution < -0.4 is 0 Å². The first kappa shape index (κ1) is 15.1. The molecule has 110 valence electrons. The number of hydrogen-bond acceptors (Lipinski definition) is 4. The van der Waals surface area contributed by atoms with Crippen molar-refractivity contribution in [1.29, 1.82) is 0 Å². The lowest BCUT2D eigenvalue weighted by Crippen LogP contribution is -2.30. The lowest BCUT2D eigenvalue weighted by atomic mass is 10.1. The molecule has 0 fully saturated rings. The number of benzene rings is 1. The second kappa shape index (κ2) is 6.45. The molecule has 1 heterocycles. The minimum atomic E-state index is -0.754. The highest BCUT2D eigenvalue weighted by atomic mass is 32.1. The predicted octanol–water partition coefficient (Wildman–Crippen LogP) is 3.46. The lowest BCUT2D eigenvalue weighted by molar-refractivity contribution is -0.384. The first-order chi connectivity index (χ1) is 10.0. The maximum atomic E-state index is 13.8. The van der Waals surface area contributed by atoms with Crippen LogP contribution in [0.25, 0.3) is 0 Å². The number of carbonyl (C=O) groups is 1. The molecule has 1 amide bonds. The fraction of sp³-hybridized carbons (Fsp3) is 0.214. The monoisotopic (exact) mass is 308 g/mol. The van der Waals surface area contributed by atoms with Crippen molar-refractivity contribution >= 4 is 22.9 Å². The van der Waals surface area contributed by atoms with Crippen LogP contribution in [0.3, 0.4) is 0 Å². The molecule has 5 nitrogen and oxygen atoms in total. The highest BCUT2D eigenvalue weighted by Crippen LogP contribution is 2.20. The lowest BCUT2D eigenvalue weighted by Gasteiger charge is -2.20. The van der Waals surface area contributed by atoms with E-state index in [1.165, 1.54) is 16.2 Å². The standard InChI is InChI=1S/C14H13FN2O3S/c1-2-16(9-11-4-3-7-21-11)14(18)12-8-10(17(19)20)5-6-13(12)15/h3-8H,2,9H2,1H3. The van der Waals surface area contributed by atoms with Crippen LogP contribution in [0.15, 0.2) is 35.7 Å². The van der Waals surface area contributed by atoms with Crippen LogP contribution in [0.5, 0.6) is 0 Å². The number of nitrogens with zero attached hydrogens (tertiary/aromatic N) is 2. The molecule has 0 aliphatic heterocycles. The zero-order valence-corrected chi connectivity index (χ0v) is 12.1. The summed E-state index contributed by atoms with van der Waals surface area (Å²) in [5.74, 6) is -1.30. The highest BCUT2D eigenvalue weighted by Gasteiger charge is 2.21. The van der Waals surface area contributed by atoms with E-state index in [9.17, 15) is 19.3 Å². The summed E-state index contributed by atoms with van der Waals surface area (Å²) >= 11 is 1.50. The highest BCUT2D eigenvalue weighted by molar-refractivity contribution is 7.09. The molecule has 7 heteroatoms. The van der Waals surface area contributed by atoms with Crippen molar-refractivity contribution in [2.45, 2.75) is 13.5 Å². The Bertz CT molecular complexity index is 658. The van der Waals surface area contributed by atoms with Crippen molar-refractivity contribution in [2.75, 3.05) is 6.54 Å². The van der Waals surface area contributed by atoms with E-state index < -0.39 is 16.6 Å². The van der Waals surface area contributed by atoms with Gasteiger partial charge in [0, 0.05) is 23.6 Å². The SMILES string of the molecule is CCN(Cc1cccs1)C(=O)c1cc([N+](=O)[O-])ccc1F. The molecule has 0 N–H and O–H groups in total. The minimum absolute atomic E-state index is 0.275. The maximum Gasteiger partial charge on any atom is 0.270 e. The van der Waals surface area contributed by atoms with E-state index in [4.69, 9.17) is 0 Å². The molecule has 0 aliphatic carbocycles. The number of amides is 1. The van der Waals surface area contributed by atoms with Crippen LogP contribution >= 0.6 is 11.3 Å². The molecular formula is C14H13FN2O3S. The molecule has 0 spiro atoms. The number of carbonyl (C=O) groups excluding carboxylic acids is 1. The molecule has 0 saturated carbocycles. The fourth-order valence-corrected chi connectivity index (χ4v) is 2.60. The van der Waals surface area contributed by atoms with Gasteiger partial charge in [-0.1, -0.05) is 6.07 Å². The van der Waals surface area contributed by atoms with Gasteiger partial charge < -0.3 is 4.90 Å². The van der Waals surface area contributed by atoms with Gasteiger partial charge in [0.2, 0.25) is 0 Å². The van der Waals surface area contributed by atoms with Crippen LogP contribution in [0.2, 0.25) is 0 Å². The molecule has 21 heavy (non-hydrogen) atoms. The third-order valence-electron chi connectivity index (χ3n) is 2.99. The van der Waals surface area contributed by atoms with Crippen molar-refractivity contribution in [2.24, 2.45) is 0 Å². The summed E-state index contributed by atoms with van der Waals surface area (Å²) in [6.07, 6.45) is 0. The number of thiophene rings is 1. The van der Waals surface area contributed by atoms with Crippen molar-refractivity contribution in [1.82, 2.24) is 4.90 Å².